The van der Waals surface area contributed by atoms with Gasteiger partial charge in [0.1, 0.15) is 5.75 Å². The number of hydrogen-bond donors (Lipinski definition) is 1. The van der Waals surface area contributed by atoms with Crippen LogP contribution in [0.2, 0.25) is 0 Å². The first-order chi connectivity index (χ1) is 4.79. The fourth-order valence-corrected chi connectivity index (χ4v) is 2.38. The Balaban J connectivity index is 2.13. The highest BCUT2D eigenvalue weighted by molar-refractivity contribution is 7.89. The summed E-state index contributed by atoms with van der Waals surface area (Å²) >= 11 is -1.06. The second-order valence-electron chi connectivity index (χ2n) is 3.05. The minimum atomic E-state index is -1.06. The molecule has 0 aliphatic heterocycles. The molecule has 0 aromatic carbocycles. The molecule has 3 heteroatoms. The number of rotatable bonds is 2. The van der Waals surface area contributed by atoms with Gasteiger partial charge < -0.3 is 4.55 Å². The van der Waals surface area contributed by atoms with Gasteiger partial charge in [0.15, 0.2) is 0 Å². The highest BCUT2D eigenvalue weighted by Crippen LogP contribution is 2.23. The van der Waals surface area contributed by atoms with E-state index in [1.54, 1.807) is 0 Å². The van der Waals surface area contributed by atoms with Crippen LogP contribution in [-0.2, 0) is 11.4 Å². The Kier molecular flexibility index (Phi) is 3.52. The van der Waals surface area contributed by atoms with Crippen LogP contribution >= 0.6 is 0 Å². The van der Waals surface area contributed by atoms with Crippen molar-refractivity contribution in [3.8, 4) is 0 Å². The molecular weight excluding hydrogens is 146 g/mol. The van der Waals surface area contributed by atoms with Gasteiger partial charge in [-0.3, -0.25) is 0 Å². The lowest BCUT2D eigenvalue weighted by molar-refractivity contribution is 0.385. The third-order valence-corrected chi connectivity index (χ3v) is 2.92. The molecule has 0 aromatic heterocycles. The van der Waals surface area contributed by atoms with E-state index in [-0.39, 0.29) is 0 Å². The lowest BCUT2D eigenvalue weighted by atomic mass is 9.91. The second-order valence-corrected chi connectivity index (χ2v) is 4.15. The smallest absolute Gasteiger partial charge is 0.128 e. The Bertz CT molecular complexity index is 91.6. The van der Waals surface area contributed by atoms with Crippen molar-refractivity contribution >= 4 is 11.4 Å². The highest BCUT2D eigenvalue weighted by atomic mass is 32.2. The molecule has 2 N–H and O–H groups in total. The summed E-state index contributed by atoms with van der Waals surface area (Å²) in [5.74, 6) is 1.37. The fourth-order valence-electron chi connectivity index (χ4n) is 1.59. The second kappa shape index (κ2) is 4.21. The zero-order valence-electron chi connectivity index (χ0n) is 6.21. The average Bonchev–Trinajstić information content (AvgIpc) is 1.88. The maximum atomic E-state index is 10.6. The van der Waals surface area contributed by atoms with E-state index in [0.717, 1.165) is 5.75 Å². The van der Waals surface area contributed by atoms with Crippen LogP contribution in [0.25, 0.3) is 0 Å². The molecular formula is C7H15NOS. The molecule has 0 bridgehead atoms. The minimum Gasteiger partial charge on any atom is -0.598 e. The molecule has 1 rings (SSSR count). The summed E-state index contributed by atoms with van der Waals surface area (Å²) in [5.41, 5.74) is 0. The number of nitrogens with two attached hydrogens (primary N) is 1. The van der Waals surface area contributed by atoms with E-state index < -0.39 is 11.4 Å². The summed E-state index contributed by atoms with van der Waals surface area (Å²) in [5, 5.41) is 5.20. The first-order valence-electron chi connectivity index (χ1n) is 3.92. The third-order valence-electron chi connectivity index (χ3n) is 2.12. The third kappa shape index (κ3) is 2.90. The number of hydrogen-bond acceptors (Lipinski definition) is 2. The molecule has 0 heterocycles. The van der Waals surface area contributed by atoms with Gasteiger partial charge in [-0.15, -0.1) is 0 Å². The molecule has 1 aliphatic carbocycles. The van der Waals surface area contributed by atoms with Crippen molar-refractivity contribution in [2.75, 3.05) is 5.75 Å². The summed E-state index contributed by atoms with van der Waals surface area (Å²) in [6.07, 6.45) is 6.45. The molecule has 0 spiro atoms. The van der Waals surface area contributed by atoms with Crippen LogP contribution in [0.3, 0.4) is 0 Å². The SMILES string of the molecule is N[S@@+]([O-])CC1CCCCC1. The molecule has 1 atom stereocenters. The van der Waals surface area contributed by atoms with Crippen molar-refractivity contribution in [3.05, 3.63) is 0 Å². The van der Waals surface area contributed by atoms with Gasteiger partial charge in [-0.1, -0.05) is 19.3 Å². The van der Waals surface area contributed by atoms with Gasteiger partial charge >= 0.3 is 0 Å². The van der Waals surface area contributed by atoms with Crippen LogP contribution in [0.4, 0.5) is 0 Å². The van der Waals surface area contributed by atoms with Crippen molar-refractivity contribution in [1.29, 1.82) is 0 Å². The van der Waals surface area contributed by atoms with E-state index in [1.807, 2.05) is 0 Å². The van der Waals surface area contributed by atoms with Gasteiger partial charge in [-0.25, -0.2) is 0 Å². The molecule has 0 amide bonds. The van der Waals surface area contributed by atoms with Crippen LogP contribution in [0.5, 0.6) is 0 Å². The van der Waals surface area contributed by atoms with Crippen molar-refractivity contribution < 1.29 is 4.55 Å². The summed E-state index contributed by atoms with van der Waals surface area (Å²) in [7, 11) is 0. The summed E-state index contributed by atoms with van der Waals surface area (Å²) in [6.45, 7) is 0. The molecule has 1 aliphatic rings. The standard InChI is InChI=1S/C7H15NOS/c8-10(9)6-7-4-2-1-3-5-7/h7H,1-6,8H2/t10-/m0/s1. The van der Waals surface area contributed by atoms with Crippen LogP contribution < -0.4 is 5.14 Å². The molecule has 0 radical (unpaired) electrons. The van der Waals surface area contributed by atoms with Crippen molar-refractivity contribution in [2.45, 2.75) is 32.1 Å². The molecule has 0 aromatic rings. The summed E-state index contributed by atoms with van der Waals surface area (Å²) in [4.78, 5) is 0. The van der Waals surface area contributed by atoms with Gasteiger partial charge in [-0.05, 0) is 12.8 Å². The van der Waals surface area contributed by atoms with E-state index in [4.69, 9.17) is 5.14 Å². The van der Waals surface area contributed by atoms with Gasteiger partial charge in [0.05, 0.1) is 0 Å². The summed E-state index contributed by atoms with van der Waals surface area (Å²) < 4.78 is 10.6. The Morgan fingerprint density at radius 2 is 1.90 bits per heavy atom. The first kappa shape index (κ1) is 8.37. The summed E-state index contributed by atoms with van der Waals surface area (Å²) in [6, 6.07) is 0. The lowest BCUT2D eigenvalue weighted by Crippen LogP contribution is -2.24. The van der Waals surface area contributed by atoms with Crippen LogP contribution in [0.1, 0.15) is 32.1 Å². The topological polar surface area (TPSA) is 49.1 Å². The first-order valence-corrected chi connectivity index (χ1v) is 5.30. The van der Waals surface area contributed by atoms with E-state index in [0.29, 0.717) is 5.92 Å². The highest BCUT2D eigenvalue weighted by Gasteiger charge is 2.17. The quantitative estimate of drug-likeness (QED) is 0.618. The van der Waals surface area contributed by atoms with Crippen molar-refractivity contribution in [3.63, 3.8) is 0 Å². The van der Waals surface area contributed by atoms with Gasteiger partial charge in [-0.2, -0.15) is 5.14 Å². The maximum absolute atomic E-state index is 10.6. The Morgan fingerprint density at radius 1 is 1.30 bits per heavy atom. The fraction of sp³-hybridized carbons (Fsp3) is 1.00. The minimum absolute atomic E-state index is 0.652. The monoisotopic (exact) mass is 161 g/mol. The van der Waals surface area contributed by atoms with Crippen molar-refractivity contribution in [1.82, 2.24) is 0 Å². The predicted molar refractivity (Wildman–Crippen MR) is 43.8 cm³/mol. The van der Waals surface area contributed by atoms with E-state index in [1.165, 1.54) is 32.1 Å². The molecule has 2 nitrogen and oxygen atoms in total. The van der Waals surface area contributed by atoms with Gasteiger partial charge in [0.2, 0.25) is 0 Å². The normalized spacial score (nSPS) is 24.6. The zero-order valence-corrected chi connectivity index (χ0v) is 7.03. The van der Waals surface area contributed by atoms with Gasteiger partial charge in [0.25, 0.3) is 0 Å². The Labute approximate surface area is 65.5 Å². The van der Waals surface area contributed by atoms with E-state index in [9.17, 15) is 4.55 Å². The Morgan fingerprint density at radius 3 is 2.40 bits per heavy atom. The maximum Gasteiger partial charge on any atom is 0.128 e. The lowest BCUT2D eigenvalue weighted by Gasteiger charge is -2.20. The average molecular weight is 161 g/mol. The molecule has 0 saturated heterocycles. The van der Waals surface area contributed by atoms with Crippen LogP contribution in [0, 0.1) is 5.92 Å². The van der Waals surface area contributed by atoms with Crippen LogP contribution in [0.15, 0.2) is 0 Å². The molecule has 0 unspecified atom stereocenters. The Hall–Kier alpha value is 0.270. The molecule has 1 fully saturated rings. The van der Waals surface area contributed by atoms with Gasteiger partial charge in [0, 0.05) is 17.3 Å². The zero-order chi connectivity index (χ0) is 7.40. The molecule has 60 valence electrons. The van der Waals surface area contributed by atoms with Crippen LogP contribution in [-0.4, -0.2) is 10.3 Å². The predicted octanol–water partition coefficient (Wildman–Crippen LogP) is 1.19. The van der Waals surface area contributed by atoms with E-state index >= 15 is 0 Å². The van der Waals surface area contributed by atoms with Crippen molar-refractivity contribution in [2.24, 2.45) is 11.1 Å². The largest absolute Gasteiger partial charge is 0.598 e. The molecule has 10 heavy (non-hydrogen) atoms. The molecule has 1 saturated carbocycles. The van der Waals surface area contributed by atoms with E-state index in [2.05, 4.69) is 0 Å².